The molecular weight excluding hydrogens is 102 g/mol. The van der Waals surface area contributed by atoms with Crippen LogP contribution in [0.4, 0.5) is 0 Å². The molecule has 0 aromatic rings. The molecule has 0 aromatic heterocycles. The van der Waals surface area contributed by atoms with Gasteiger partial charge in [0, 0.05) is 6.42 Å². The zero-order valence-corrected chi connectivity index (χ0v) is 4.46. The summed E-state index contributed by atoms with van der Waals surface area (Å²) in [6.45, 7) is 0. The summed E-state index contributed by atoms with van der Waals surface area (Å²) in [7, 11) is 0. The van der Waals surface area contributed by atoms with Crippen molar-refractivity contribution in [1.82, 2.24) is 0 Å². The van der Waals surface area contributed by atoms with E-state index in [9.17, 15) is 0 Å². The van der Waals surface area contributed by atoms with E-state index in [2.05, 4.69) is 0 Å². The fourth-order valence-electron chi connectivity index (χ4n) is 0.285. The topological polar surface area (TPSA) is 73.6 Å². The Labute approximate surface area is 48.3 Å². The molecule has 42 valence electrons. The van der Waals surface area contributed by atoms with E-state index in [1.807, 2.05) is 12.1 Å². The molecule has 0 unspecified atom stereocenters. The summed E-state index contributed by atoms with van der Waals surface area (Å²) < 4.78 is 0. The maximum Gasteiger partial charge on any atom is 0.0937 e. The van der Waals surface area contributed by atoms with Crippen LogP contribution in [0.25, 0.3) is 0 Å². The quantitative estimate of drug-likeness (QED) is 0.548. The first-order valence-corrected chi connectivity index (χ1v) is 2.33. The predicted molar refractivity (Wildman–Crippen MR) is 28.4 cm³/mol. The van der Waals surface area contributed by atoms with Crippen molar-refractivity contribution in [3.63, 3.8) is 0 Å². The smallest absolute Gasteiger partial charge is 0.0937 e. The van der Waals surface area contributed by atoms with Gasteiger partial charge in [0.05, 0.1) is 18.2 Å². The van der Waals surface area contributed by atoms with Gasteiger partial charge in [-0.05, 0) is 6.42 Å². The minimum absolute atomic E-state index is 0.370. The number of hydrogen-bond acceptors (Lipinski definition) is 3. The molecule has 0 bridgehead atoms. The fraction of sp³-hybridized carbons (Fsp3) is 0.600. The molecular formula is C5H7N3. The fourth-order valence-corrected chi connectivity index (χ4v) is 0.285. The lowest BCUT2D eigenvalue weighted by atomic mass is 10.2. The average molecular weight is 109 g/mol. The van der Waals surface area contributed by atoms with Gasteiger partial charge in [0.2, 0.25) is 0 Å². The molecule has 0 aliphatic carbocycles. The van der Waals surface area contributed by atoms with Crippen LogP contribution in [0.3, 0.4) is 0 Å². The summed E-state index contributed by atoms with van der Waals surface area (Å²) in [4.78, 5) is 0. The Morgan fingerprint density at radius 3 is 2.50 bits per heavy atom. The van der Waals surface area contributed by atoms with Crippen LogP contribution in [-0.4, -0.2) is 6.04 Å². The highest BCUT2D eigenvalue weighted by atomic mass is 14.6. The second kappa shape index (κ2) is 4.11. The van der Waals surface area contributed by atoms with Crippen LogP contribution in [0.2, 0.25) is 0 Å². The van der Waals surface area contributed by atoms with Gasteiger partial charge in [0.25, 0.3) is 0 Å². The summed E-state index contributed by atoms with van der Waals surface area (Å²) in [5.74, 6) is 0. The van der Waals surface area contributed by atoms with Gasteiger partial charge in [-0.2, -0.15) is 10.5 Å². The third-order valence-corrected chi connectivity index (χ3v) is 0.733. The number of nitrogens with two attached hydrogens (primary N) is 1. The van der Waals surface area contributed by atoms with Crippen LogP contribution in [0.5, 0.6) is 0 Å². The highest BCUT2D eigenvalue weighted by Gasteiger charge is 1.95. The van der Waals surface area contributed by atoms with Crippen LogP contribution in [0.1, 0.15) is 12.8 Å². The molecule has 0 aromatic carbocycles. The highest BCUT2D eigenvalue weighted by molar-refractivity contribution is 4.88. The maximum absolute atomic E-state index is 8.08. The van der Waals surface area contributed by atoms with Crippen molar-refractivity contribution < 1.29 is 0 Å². The first kappa shape index (κ1) is 6.94. The minimum Gasteiger partial charge on any atom is -0.316 e. The van der Waals surface area contributed by atoms with Crippen molar-refractivity contribution in [2.45, 2.75) is 18.9 Å². The highest BCUT2D eigenvalue weighted by Crippen LogP contribution is 1.88. The van der Waals surface area contributed by atoms with Gasteiger partial charge in [-0.15, -0.1) is 0 Å². The Morgan fingerprint density at radius 2 is 2.12 bits per heavy atom. The monoisotopic (exact) mass is 109 g/mol. The molecule has 0 rings (SSSR count). The summed E-state index contributed by atoms with van der Waals surface area (Å²) in [6.07, 6.45) is 0.849. The molecule has 1 atom stereocenters. The van der Waals surface area contributed by atoms with Gasteiger partial charge in [-0.1, -0.05) is 0 Å². The Kier molecular flexibility index (Phi) is 3.56. The van der Waals surface area contributed by atoms with Crippen LogP contribution in [0, 0.1) is 22.7 Å². The molecule has 0 spiro atoms. The predicted octanol–water partition coefficient (Wildman–Crippen LogP) is 0.141. The van der Waals surface area contributed by atoms with E-state index in [4.69, 9.17) is 16.3 Å². The third-order valence-electron chi connectivity index (χ3n) is 0.733. The largest absolute Gasteiger partial charge is 0.316 e. The van der Waals surface area contributed by atoms with Gasteiger partial charge in [-0.3, -0.25) is 0 Å². The number of nitriles is 2. The zero-order valence-electron chi connectivity index (χ0n) is 4.46. The molecule has 0 saturated heterocycles. The number of hydrogen-bond donors (Lipinski definition) is 1. The van der Waals surface area contributed by atoms with Gasteiger partial charge in [0.15, 0.2) is 0 Å². The van der Waals surface area contributed by atoms with Crippen LogP contribution < -0.4 is 5.73 Å². The minimum atomic E-state index is -0.463. The molecule has 0 radical (unpaired) electrons. The summed E-state index contributed by atoms with van der Waals surface area (Å²) >= 11 is 0. The lowest BCUT2D eigenvalue weighted by Gasteiger charge is -1.92. The first-order chi connectivity index (χ1) is 3.81. The van der Waals surface area contributed by atoms with Crippen molar-refractivity contribution >= 4 is 0 Å². The van der Waals surface area contributed by atoms with Crippen molar-refractivity contribution in [1.29, 1.82) is 10.5 Å². The van der Waals surface area contributed by atoms with Gasteiger partial charge in [0.1, 0.15) is 0 Å². The van der Waals surface area contributed by atoms with Crippen molar-refractivity contribution in [3.8, 4) is 12.1 Å². The SMILES string of the molecule is N#CCC[C@H](N)C#N. The molecule has 2 N–H and O–H groups in total. The molecule has 8 heavy (non-hydrogen) atoms. The summed E-state index contributed by atoms with van der Waals surface area (Å²) in [5, 5.41) is 16.1. The van der Waals surface area contributed by atoms with Crippen molar-refractivity contribution in [2.75, 3.05) is 0 Å². The van der Waals surface area contributed by atoms with Crippen molar-refractivity contribution in [3.05, 3.63) is 0 Å². The molecule has 0 amide bonds. The van der Waals surface area contributed by atoms with E-state index < -0.39 is 6.04 Å². The second-order valence-electron chi connectivity index (χ2n) is 1.43. The summed E-state index contributed by atoms with van der Waals surface area (Å²) in [6, 6.07) is 3.26. The lowest BCUT2D eigenvalue weighted by molar-refractivity contribution is 0.750. The zero-order chi connectivity index (χ0) is 6.41. The Hall–Kier alpha value is -1.06. The van der Waals surface area contributed by atoms with Crippen LogP contribution in [0.15, 0.2) is 0 Å². The first-order valence-electron chi connectivity index (χ1n) is 2.33. The van der Waals surface area contributed by atoms with Gasteiger partial charge < -0.3 is 5.73 Å². The lowest BCUT2D eigenvalue weighted by Crippen LogP contribution is -2.16. The van der Waals surface area contributed by atoms with E-state index in [-0.39, 0.29) is 0 Å². The van der Waals surface area contributed by atoms with E-state index >= 15 is 0 Å². The van der Waals surface area contributed by atoms with E-state index in [0.29, 0.717) is 12.8 Å². The molecule has 0 aliphatic rings. The third kappa shape index (κ3) is 3.14. The van der Waals surface area contributed by atoms with Crippen LogP contribution >= 0.6 is 0 Å². The number of rotatable bonds is 2. The van der Waals surface area contributed by atoms with Crippen LogP contribution in [-0.2, 0) is 0 Å². The van der Waals surface area contributed by atoms with Gasteiger partial charge in [-0.25, -0.2) is 0 Å². The average Bonchev–Trinajstić information content (AvgIpc) is 1.83. The molecule has 3 nitrogen and oxygen atoms in total. The second-order valence-corrected chi connectivity index (χ2v) is 1.43. The number of nitrogens with zero attached hydrogens (tertiary/aromatic N) is 2. The summed E-state index contributed by atoms with van der Waals surface area (Å²) in [5.41, 5.74) is 5.15. The maximum atomic E-state index is 8.08. The Bertz CT molecular complexity index is 128. The van der Waals surface area contributed by atoms with Crippen molar-refractivity contribution in [2.24, 2.45) is 5.73 Å². The van der Waals surface area contributed by atoms with E-state index in [1.165, 1.54) is 0 Å². The Morgan fingerprint density at radius 1 is 1.50 bits per heavy atom. The molecule has 3 heteroatoms. The van der Waals surface area contributed by atoms with E-state index in [1.54, 1.807) is 0 Å². The molecule has 0 aliphatic heterocycles. The molecule has 0 heterocycles. The molecule has 0 fully saturated rings. The molecule has 0 saturated carbocycles. The standard InChI is InChI=1S/C5H7N3/c6-3-1-2-5(8)4-7/h5H,1-2,8H2/t5-/m0/s1. The van der Waals surface area contributed by atoms with E-state index in [0.717, 1.165) is 0 Å². The normalized spacial score (nSPS) is 11.4. The Balaban J connectivity index is 3.18. The van der Waals surface area contributed by atoms with Gasteiger partial charge >= 0.3 is 0 Å².